The average molecular weight is 230 g/mol. The zero-order valence-corrected chi connectivity index (χ0v) is 11.5. The number of likely N-dealkylation sites (N-methyl/N-ethyl adjacent to an activating group) is 1. The zero-order valence-electron chi connectivity index (χ0n) is 11.5. The highest BCUT2D eigenvalue weighted by atomic mass is 16.3. The first kappa shape index (κ1) is 15.9. The molecule has 0 aromatic heterocycles. The Morgan fingerprint density at radius 1 is 1.19 bits per heavy atom. The lowest BCUT2D eigenvalue weighted by Crippen LogP contribution is -2.44. The topological polar surface area (TPSA) is 35.5 Å². The van der Waals surface area contributed by atoms with Crippen LogP contribution in [0.5, 0.6) is 0 Å². The molecule has 0 bridgehead atoms. The fourth-order valence-electron chi connectivity index (χ4n) is 1.75. The fraction of sp³-hybridized carbons (Fsp3) is 1.00. The molecule has 3 nitrogen and oxygen atoms in total. The Balaban J connectivity index is 3.95. The molecule has 0 saturated heterocycles. The summed E-state index contributed by atoms with van der Waals surface area (Å²) in [5, 5.41) is 12.7. The van der Waals surface area contributed by atoms with E-state index in [0.717, 1.165) is 38.5 Å². The lowest BCUT2D eigenvalue weighted by molar-refractivity contribution is 0.172. The summed E-state index contributed by atoms with van der Waals surface area (Å²) in [6.07, 6.45) is 2.34. The van der Waals surface area contributed by atoms with Gasteiger partial charge in [-0.3, -0.25) is 0 Å². The second-order valence-electron chi connectivity index (χ2n) is 4.70. The third-order valence-corrected chi connectivity index (χ3v) is 3.10. The van der Waals surface area contributed by atoms with Gasteiger partial charge in [-0.15, -0.1) is 0 Å². The summed E-state index contributed by atoms with van der Waals surface area (Å²) in [6, 6.07) is 0.226. The van der Waals surface area contributed by atoms with Gasteiger partial charge in [0.2, 0.25) is 0 Å². The zero-order chi connectivity index (χ0) is 12.4. The van der Waals surface area contributed by atoms with Gasteiger partial charge in [-0.25, -0.2) is 0 Å². The Labute approximate surface area is 101 Å². The van der Waals surface area contributed by atoms with Gasteiger partial charge in [0, 0.05) is 19.1 Å². The molecule has 0 radical (unpaired) electrons. The van der Waals surface area contributed by atoms with Crippen molar-refractivity contribution >= 4 is 0 Å². The van der Waals surface area contributed by atoms with E-state index < -0.39 is 0 Å². The van der Waals surface area contributed by atoms with E-state index in [0.29, 0.717) is 0 Å². The standard InChI is InChI=1S/C13H30N2O/c1-5-8-14-13(11-16)10-15(7-3)9-12(4)6-2/h12-14,16H,5-11H2,1-4H3. The number of hydrogen-bond donors (Lipinski definition) is 2. The molecule has 2 N–H and O–H groups in total. The van der Waals surface area contributed by atoms with Crippen molar-refractivity contribution in [3.8, 4) is 0 Å². The molecule has 0 rings (SSSR count). The van der Waals surface area contributed by atoms with Crippen LogP contribution in [0.4, 0.5) is 0 Å². The largest absolute Gasteiger partial charge is 0.395 e. The normalized spacial score (nSPS) is 15.4. The van der Waals surface area contributed by atoms with Crippen LogP contribution in [0, 0.1) is 5.92 Å². The maximum Gasteiger partial charge on any atom is 0.0597 e. The second-order valence-corrected chi connectivity index (χ2v) is 4.70. The van der Waals surface area contributed by atoms with Gasteiger partial charge in [-0.2, -0.15) is 0 Å². The lowest BCUT2D eigenvalue weighted by Gasteiger charge is -2.28. The van der Waals surface area contributed by atoms with Crippen molar-refractivity contribution in [3.05, 3.63) is 0 Å². The van der Waals surface area contributed by atoms with E-state index in [1.54, 1.807) is 0 Å². The summed E-state index contributed by atoms with van der Waals surface area (Å²) in [7, 11) is 0. The molecule has 2 unspecified atom stereocenters. The summed E-state index contributed by atoms with van der Waals surface area (Å²) in [4.78, 5) is 2.43. The van der Waals surface area contributed by atoms with Crippen molar-refractivity contribution < 1.29 is 5.11 Å². The summed E-state index contributed by atoms with van der Waals surface area (Å²) < 4.78 is 0. The highest BCUT2D eigenvalue weighted by Crippen LogP contribution is 2.04. The molecule has 0 aliphatic carbocycles. The number of aliphatic hydroxyl groups excluding tert-OH is 1. The smallest absolute Gasteiger partial charge is 0.0597 e. The Morgan fingerprint density at radius 2 is 1.88 bits per heavy atom. The highest BCUT2D eigenvalue weighted by Gasteiger charge is 2.13. The van der Waals surface area contributed by atoms with E-state index in [2.05, 4.69) is 37.9 Å². The maximum atomic E-state index is 9.30. The second kappa shape index (κ2) is 10.1. The van der Waals surface area contributed by atoms with Crippen LogP contribution in [0.25, 0.3) is 0 Å². The molecule has 0 aromatic carbocycles. The van der Waals surface area contributed by atoms with Crippen LogP contribution in [0.3, 0.4) is 0 Å². The minimum absolute atomic E-state index is 0.226. The van der Waals surface area contributed by atoms with Crippen molar-refractivity contribution in [3.63, 3.8) is 0 Å². The van der Waals surface area contributed by atoms with Crippen LogP contribution in [-0.4, -0.2) is 48.8 Å². The van der Waals surface area contributed by atoms with Crippen molar-refractivity contribution in [1.29, 1.82) is 0 Å². The summed E-state index contributed by atoms with van der Waals surface area (Å²) in [5.41, 5.74) is 0. The van der Waals surface area contributed by atoms with Crippen LogP contribution in [0.15, 0.2) is 0 Å². The Hall–Kier alpha value is -0.120. The van der Waals surface area contributed by atoms with Gasteiger partial charge >= 0.3 is 0 Å². The van der Waals surface area contributed by atoms with Crippen LogP contribution in [0.2, 0.25) is 0 Å². The quantitative estimate of drug-likeness (QED) is 0.600. The van der Waals surface area contributed by atoms with Gasteiger partial charge in [-0.05, 0) is 25.4 Å². The van der Waals surface area contributed by atoms with Crippen molar-refractivity contribution in [2.24, 2.45) is 5.92 Å². The van der Waals surface area contributed by atoms with Gasteiger partial charge < -0.3 is 15.3 Å². The number of hydrogen-bond acceptors (Lipinski definition) is 3. The molecule has 98 valence electrons. The van der Waals surface area contributed by atoms with Crippen molar-refractivity contribution in [2.75, 3.05) is 32.8 Å². The third kappa shape index (κ3) is 7.20. The number of nitrogens with one attached hydrogen (secondary N) is 1. The third-order valence-electron chi connectivity index (χ3n) is 3.10. The minimum Gasteiger partial charge on any atom is -0.395 e. The molecule has 0 aromatic rings. The van der Waals surface area contributed by atoms with Gasteiger partial charge in [-0.1, -0.05) is 34.1 Å². The first-order valence-electron chi connectivity index (χ1n) is 6.74. The van der Waals surface area contributed by atoms with Crippen molar-refractivity contribution in [2.45, 2.75) is 46.6 Å². The van der Waals surface area contributed by atoms with Crippen LogP contribution in [0.1, 0.15) is 40.5 Å². The van der Waals surface area contributed by atoms with Gasteiger partial charge in [0.05, 0.1) is 6.61 Å². The molecule has 2 atom stereocenters. The molecule has 0 amide bonds. The molecule has 0 spiro atoms. The fourth-order valence-corrected chi connectivity index (χ4v) is 1.75. The van der Waals surface area contributed by atoms with Gasteiger partial charge in [0.25, 0.3) is 0 Å². The molecule has 16 heavy (non-hydrogen) atoms. The molecule has 0 fully saturated rings. The summed E-state index contributed by atoms with van der Waals surface area (Å²) in [5.74, 6) is 0.741. The molecule has 0 aliphatic heterocycles. The highest BCUT2D eigenvalue weighted by molar-refractivity contribution is 4.71. The van der Waals surface area contributed by atoms with E-state index in [4.69, 9.17) is 0 Å². The predicted molar refractivity (Wildman–Crippen MR) is 70.7 cm³/mol. The Kier molecular flexibility index (Phi) is 9.99. The van der Waals surface area contributed by atoms with Gasteiger partial charge in [0.1, 0.15) is 0 Å². The van der Waals surface area contributed by atoms with Crippen LogP contribution in [-0.2, 0) is 0 Å². The van der Waals surface area contributed by atoms with E-state index in [1.807, 2.05) is 0 Å². The van der Waals surface area contributed by atoms with E-state index in [9.17, 15) is 5.11 Å². The van der Waals surface area contributed by atoms with E-state index in [-0.39, 0.29) is 12.6 Å². The SMILES string of the molecule is CCCNC(CO)CN(CC)CC(C)CC. The predicted octanol–water partition coefficient (Wildman–Crippen LogP) is 1.71. The van der Waals surface area contributed by atoms with E-state index >= 15 is 0 Å². The first-order valence-corrected chi connectivity index (χ1v) is 6.74. The Bertz CT molecular complexity index is 153. The average Bonchev–Trinajstić information content (AvgIpc) is 2.32. The molecule has 3 heteroatoms. The summed E-state index contributed by atoms with van der Waals surface area (Å²) >= 11 is 0. The number of nitrogens with zero attached hydrogens (tertiary/aromatic N) is 1. The monoisotopic (exact) mass is 230 g/mol. The number of aliphatic hydroxyl groups is 1. The maximum absolute atomic E-state index is 9.30. The molecular formula is C13H30N2O. The summed E-state index contributed by atoms with van der Waals surface area (Å²) in [6.45, 7) is 13.2. The Morgan fingerprint density at radius 3 is 2.31 bits per heavy atom. The van der Waals surface area contributed by atoms with Gasteiger partial charge in [0.15, 0.2) is 0 Å². The van der Waals surface area contributed by atoms with Crippen LogP contribution >= 0.6 is 0 Å². The first-order chi connectivity index (χ1) is 7.67. The molecule has 0 aliphatic rings. The number of rotatable bonds is 10. The molecular weight excluding hydrogens is 200 g/mol. The van der Waals surface area contributed by atoms with E-state index in [1.165, 1.54) is 6.42 Å². The minimum atomic E-state index is 0.226. The van der Waals surface area contributed by atoms with Crippen molar-refractivity contribution in [1.82, 2.24) is 10.2 Å². The molecule has 0 saturated carbocycles. The van der Waals surface area contributed by atoms with Crippen LogP contribution < -0.4 is 5.32 Å². The molecule has 0 heterocycles. The lowest BCUT2D eigenvalue weighted by atomic mass is 10.1.